The van der Waals surface area contributed by atoms with E-state index < -0.39 is 0 Å². The van der Waals surface area contributed by atoms with Crippen LogP contribution >= 0.6 is 0 Å². The summed E-state index contributed by atoms with van der Waals surface area (Å²) < 4.78 is 5.64. The fourth-order valence-corrected chi connectivity index (χ4v) is 3.72. The van der Waals surface area contributed by atoms with Gasteiger partial charge in [-0.3, -0.25) is 4.90 Å². The summed E-state index contributed by atoms with van der Waals surface area (Å²) in [5.41, 5.74) is 1.27. The van der Waals surface area contributed by atoms with E-state index in [9.17, 15) is 4.79 Å². The van der Waals surface area contributed by atoms with E-state index in [1.807, 2.05) is 13.0 Å². The number of benzene rings is 1. The van der Waals surface area contributed by atoms with Gasteiger partial charge in [0.15, 0.2) is 0 Å². The van der Waals surface area contributed by atoms with Crippen LogP contribution in [-0.4, -0.2) is 49.3 Å². The molecule has 1 aromatic carbocycles. The Hall–Kier alpha value is -1.59. The molecular formula is C19H29N3O2. The fourth-order valence-electron chi connectivity index (χ4n) is 3.72. The first kappa shape index (κ1) is 17.2. The summed E-state index contributed by atoms with van der Waals surface area (Å²) >= 11 is 0. The molecule has 2 aliphatic rings. The Labute approximate surface area is 144 Å². The molecule has 3 unspecified atom stereocenters. The van der Waals surface area contributed by atoms with Gasteiger partial charge in [0, 0.05) is 13.2 Å². The number of rotatable bonds is 6. The molecule has 5 nitrogen and oxygen atoms in total. The molecule has 1 aromatic rings. The minimum Gasteiger partial charge on any atom is -0.376 e. The van der Waals surface area contributed by atoms with Crippen molar-refractivity contribution < 1.29 is 9.53 Å². The van der Waals surface area contributed by atoms with E-state index in [4.69, 9.17) is 4.74 Å². The summed E-state index contributed by atoms with van der Waals surface area (Å²) in [7, 11) is 0. The molecule has 3 rings (SSSR count). The van der Waals surface area contributed by atoms with Crippen LogP contribution in [0.15, 0.2) is 30.3 Å². The lowest BCUT2D eigenvalue weighted by Gasteiger charge is -2.29. The molecule has 0 saturated carbocycles. The van der Waals surface area contributed by atoms with Crippen molar-refractivity contribution in [1.29, 1.82) is 0 Å². The Morgan fingerprint density at radius 1 is 1.25 bits per heavy atom. The van der Waals surface area contributed by atoms with Crippen LogP contribution in [0.3, 0.4) is 0 Å². The minimum absolute atomic E-state index is 0.0504. The third-order valence-corrected chi connectivity index (χ3v) is 5.10. The van der Waals surface area contributed by atoms with Gasteiger partial charge in [-0.25, -0.2) is 4.79 Å². The fraction of sp³-hybridized carbons (Fsp3) is 0.632. The number of hydrogen-bond donors (Lipinski definition) is 2. The molecular weight excluding hydrogens is 302 g/mol. The molecule has 2 fully saturated rings. The van der Waals surface area contributed by atoms with E-state index in [1.54, 1.807) is 0 Å². The lowest BCUT2D eigenvalue weighted by Crippen LogP contribution is -2.48. The van der Waals surface area contributed by atoms with Gasteiger partial charge in [0.1, 0.15) is 0 Å². The van der Waals surface area contributed by atoms with Crippen molar-refractivity contribution >= 4 is 6.03 Å². The van der Waals surface area contributed by atoms with Gasteiger partial charge in [-0.05, 0) is 51.3 Å². The molecule has 132 valence electrons. The summed E-state index contributed by atoms with van der Waals surface area (Å²) in [4.78, 5) is 14.7. The zero-order valence-corrected chi connectivity index (χ0v) is 14.5. The predicted octanol–water partition coefficient (Wildman–Crippen LogP) is 2.69. The molecule has 0 spiro atoms. The van der Waals surface area contributed by atoms with Gasteiger partial charge in [-0.2, -0.15) is 0 Å². The first-order valence-electron chi connectivity index (χ1n) is 9.19. The van der Waals surface area contributed by atoms with Crippen LogP contribution in [0.5, 0.6) is 0 Å². The van der Waals surface area contributed by atoms with Crippen molar-refractivity contribution in [1.82, 2.24) is 15.5 Å². The van der Waals surface area contributed by atoms with Gasteiger partial charge in [0.25, 0.3) is 0 Å². The van der Waals surface area contributed by atoms with Gasteiger partial charge >= 0.3 is 6.03 Å². The van der Waals surface area contributed by atoms with Gasteiger partial charge in [0.2, 0.25) is 0 Å². The Bertz CT molecular complexity index is 511. The van der Waals surface area contributed by atoms with Crippen LogP contribution in [0.1, 0.15) is 44.2 Å². The van der Waals surface area contributed by atoms with Crippen molar-refractivity contribution in [2.45, 2.75) is 50.8 Å². The average Bonchev–Trinajstić information content (AvgIpc) is 3.30. The third-order valence-electron chi connectivity index (χ3n) is 5.10. The molecule has 2 N–H and O–H groups in total. The third kappa shape index (κ3) is 4.48. The number of hydrogen-bond acceptors (Lipinski definition) is 3. The zero-order chi connectivity index (χ0) is 16.8. The van der Waals surface area contributed by atoms with Crippen molar-refractivity contribution in [3.63, 3.8) is 0 Å². The molecule has 5 heteroatoms. The van der Waals surface area contributed by atoms with Crippen LogP contribution in [-0.2, 0) is 4.74 Å². The van der Waals surface area contributed by atoms with Gasteiger partial charge in [-0.15, -0.1) is 0 Å². The Morgan fingerprint density at radius 2 is 2.00 bits per heavy atom. The number of nitrogens with zero attached hydrogens (tertiary/aromatic N) is 1. The van der Waals surface area contributed by atoms with E-state index in [0.717, 1.165) is 32.5 Å². The highest BCUT2D eigenvalue weighted by atomic mass is 16.5. The molecule has 3 atom stereocenters. The molecule has 2 saturated heterocycles. The summed E-state index contributed by atoms with van der Waals surface area (Å²) in [6, 6.07) is 10.7. The van der Waals surface area contributed by atoms with Crippen LogP contribution < -0.4 is 10.6 Å². The number of nitrogens with one attached hydrogen (secondary N) is 2. The maximum atomic E-state index is 12.3. The second-order valence-corrected chi connectivity index (χ2v) is 6.86. The van der Waals surface area contributed by atoms with Gasteiger partial charge < -0.3 is 15.4 Å². The minimum atomic E-state index is -0.0990. The highest BCUT2D eigenvalue weighted by molar-refractivity contribution is 5.74. The quantitative estimate of drug-likeness (QED) is 0.843. The number of ether oxygens (including phenoxy) is 1. The van der Waals surface area contributed by atoms with E-state index in [-0.39, 0.29) is 24.2 Å². The molecule has 2 heterocycles. The van der Waals surface area contributed by atoms with Gasteiger partial charge in [0.05, 0.1) is 18.2 Å². The van der Waals surface area contributed by atoms with Crippen LogP contribution in [0.4, 0.5) is 4.79 Å². The molecule has 2 amide bonds. The Balaban J connectivity index is 1.53. The SMILES string of the molecule is CC(NC(=O)NCC(c1ccccc1)N1CCCC1)C1CCCO1. The maximum Gasteiger partial charge on any atom is 0.315 e. The van der Waals surface area contributed by atoms with E-state index >= 15 is 0 Å². The second kappa shape index (κ2) is 8.49. The monoisotopic (exact) mass is 331 g/mol. The summed E-state index contributed by atoms with van der Waals surface area (Å²) in [5.74, 6) is 0. The summed E-state index contributed by atoms with van der Waals surface area (Å²) in [6.07, 6.45) is 4.75. The molecule has 24 heavy (non-hydrogen) atoms. The zero-order valence-electron chi connectivity index (χ0n) is 14.5. The number of urea groups is 1. The maximum absolute atomic E-state index is 12.3. The van der Waals surface area contributed by atoms with Crippen molar-refractivity contribution in [3.05, 3.63) is 35.9 Å². The molecule has 0 aliphatic carbocycles. The lowest BCUT2D eigenvalue weighted by atomic mass is 10.1. The second-order valence-electron chi connectivity index (χ2n) is 6.86. The first-order valence-corrected chi connectivity index (χ1v) is 9.19. The highest BCUT2D eigenvalue weighted by Crippen LogP contribution is 2.24. The standard InChI is InChI=1S/C19H29N3O2/c1-15(18-10-7-13-24-18)21-19(23)20-14-17(22-11-5-6-12-22)16-8-3-2-4-9-16/h2-4,8-9,15,17-18H,5-7,10-14H2,1H3,(H2,20,21,23). The van der Waals surface area contributed by atoms with Crippen LogP contribution in [0, 0.1) is 0 Å². The number of amides is 2. The number of carbonyl (C=O) groups is 1. The highest BCUT2D eigenvalue weighted by Gasteiger charge is 2.26. The van der Waals surface area contributed by atoms with Crippen LogP contribution in [0.25, 0.3) is 0 Å². The van der Waals surface area contributed by atoms with E-state index in [0.29, 0.717) is 6.54 Å². The molecule has 0 aromatic heterocycles. The normalized spacial score (nSPS) is 23.8. The topological polar surface area (TPSA) is 53.6 Å². The molecule has 0 radical (unpaired) electrons. The summed E-state index contributed by atoms with van der Waals surface area (Å²) in [6.45, 7) is 5.67. The molecule has 0 bridgehead atoms. The van der Waals surface area contributed by atoms with Crippen molar-refractivity contribution in [2.75, 3.05) is 26.2 Å². The van der Waals surface area contributed by atoms with E-state index in [2.05, 4.69) is 39.8 Å². The Kier molecular flexibility index (Phi) is 6.10. The first-order chi connectivity index (χ1) is 11.7. The molecule has 2 aliphatic heterocycles. The predicted molar refractivity (Wildman–Crippen MR) is 95.0 cm³/mol. The average molecular weight is 331 g/mol. The van der Waals surface area contributed by atoms with E-state index in [1.165, 1.54) is 18.4 Å². The summed E-state index contributed by atoms with van der Waals surface area (Å²) in [5, 5.41) is 6.09. The lowest BCUT2D eigenvalue weighted by molar-refractivity contribution is 0.0859. The number of carbonyl (C=O) groups excluding carboxylic acids is 1. The van der Waals surface area contributed by atoms with Crippen molar-refractivity contribution in [2.24, 2.45) is 0 Å². The largest absolute Gasteiger partial charge is 0.376 e. The van der Waals surface area contributed by atoms with Crippen molar-refractivity contribution in [3.8, 4) is 0 Å². The Morgan fingerprint density at radius 3 is 2.67 bits per heavy atom. The van der Waals surface area contributed by atoms with Gasteiger partial charge in [-0.1, -0.05) is 30.3 Å². The number of likely N-dealkylation sites (tertiary alicyclic amines) is 1. The van der Waals surface area contributed by atoms with Crippen LogP contribution in [0.2, 0.25) is 0 Å². The smallest absolute Gasteiger partial charge is 0.315 e.